The molecule has 5 nitrogen and oxygen atoms in total. The van der Waals surface area contributed by atoms with Crippen molar-refractivity contribution in [1.82, 2.24) is 10.2 Å². The summed E-state index contributed by atoms with van der Waals surface area (Å²) in [6.45, 7) is 3.60. The molecule has 1 rings (SSSR count). The van der Waals surface area contributed by atoms with Gasteiger partial charge in [0.15, 0.2) is 0 Å². The first-order valence-electron chi connectivity index (χ1n) is 3.82. The van der Waals surface area contributed by atoms with Gasteiger partial charge < -0.3 is 11.1 Å². The van der Waals surface area contributed by atoms with Crippen molar-refractivity contribution in [3.05, 3.63) is 5.51 Å². The molecule has 0 saturated heterocycles. The highest BCUT2D eigenvalue weighted by molar-refractivity contribution is 7.13. The molecule has 0 bridgehead atoms. The van der Waals surface area contributed by atoms with E-state index in [1.54, 1.807) is 19.4 Å². The maximum Gasteiger partial charge on any atom is 0.228 e. The first kappa shape index (κ1) is 10.1. The maximum absolute atomic E-state index is 11.3. The Morgan fingerprint density at radius 2 is 2.46 bits per heavy atom. The Morgan fingerprint density at radius 1 is 1.77 bits per heavy atom. The van der Waals surface area contributed by atoms with Crippen molar-refractivity contribution in [1.29, 1.82) is 0 Å². The van der Waals surface area contributed by atoms with Crippen molar-refractivity contribution in [3.63, 3.8) is 0 Å². The van der Waals surface area contributed by atoms with Gasteiger partial charge in [-0.25, -0.2) is 0 Å². The second-order valence-electron chi connectivity index (χ2n) is 3.46. The highest BCUT2D eigenvalue weighted by Gasteiger charge is 2.16. The lowest BCUT2D eigenvalue weighted by Gasteiger charge is -2.16. The number of rotatable bonds is 3. The number of hydrogen-bond donors (Lipinski definition) is 2. The summed E-state index contributed by atoms with van der Waals surface area (Å²) in [6, 6.07) is 0. The summed E-state index contributed by atoms with van der Waals surface area (Å²) in [4.78, 5) is 11.3. The third-order valence-corrected chi connectivity index (χ3v) is 1.83. The molecule has 1 aromatic heterocycles. The van der Waals surface area contributed by atoms with E-state index in [1.165, 1.54) is 11.3 Å². The molecule has 3 N–H and O–H groups in total. The number of nitrogens with two attached hydrogens (primary N) is 1. The van der Waals surface area contributed by atoms with E-state index in [4.69, 9.17) is 5.73 Å². The van der Waals surface area contributed by atoms with Crippen LogP contribution in [0, 0.1) is 0 Å². The van der Waals surface area contributed by atoms with Gasteiger partial charge in [-0.3, -0.25) is 4.79 Å². The Labute approximate surface area is 80.4 Å². The van der Waals surface area contributed by atoms with Crippen LogP contribution in [0.5, 0.6) is 0 Å². The van der Waals surface area contributed by atoms with Crippen molar-refractivity contribution in [3.8, 4) is 0 Å². The van der Waals surface area contributed by atoms with Crippen LogP contribution in [-0.4, -0.2) is 21.6 Å². The van der Waals surface area contributed by atoms with E-state index in [-0.39, 0.29) is 12.3 Å². The lowest BCUT2D eigenvalue weighted by Crippen LogP contribution is -2.36. The van der Waals surface area contributed by atoms with Crippen LogP contribution in [-0.2, 0) is 4.79 Å². The average molecular weight is 200 g/mol. The fourth-order valence-electron chi connectivity index (χ4n) is 0.805. The molecular weight excluding hydrogens is 188 g/mol. The van der Waals surface area contributed by atoms with Gasteiger partial charge in [0, 0.05) is 12.0 Å². The van der Waals surface area contributed by atoms with Crippen LogP contribution in [0.15, 0.2) is 5.51 Å². The number of amides is 1. The molecule has 0 atom stereocenters. The molecule has 0 aliphatic carbocycles. The smallest absolute Gasteiger partial charge is 0.228 e. The Bertz CT molecular complexity index is 277. The predicted molar refractivity (Wildman–Crippen MR) is 51.4 cm³/mol. The minimum Gasteiger partial charge on any atom is -0.325 e. The van der Waals surface area contributed by atoms with Crippen LogP contribution in [0.25, 0.3) is 0 Å². The second kappa shape index (κ2) is 3.80. The van der Waals surface area contributed by atoms with Crippen molar-refractivity contribution in [2.24, 2.45) is 5.73 Å². The molecule has 1 amide bonds. The largest absolute Gasteiger partial charge is 0.325 e. The number of carbonyl (C=O) groups is 1. The van der Waals surface area contributed by atoms with Crippen LogP contribution < -0.4 is 11.1 Å². The molecule has 0 saturated carbocycles. The summed E-state index contributed by atoms with van der Waals surface area (Å²) in [5, 5.41) is 10.4. The van der Waals surface area contributed by atoms with Crippen LogP contribution in [0.4, 0.5) is 5.13 Å². The zero-order valence-electron chi connectivity index (χ0n) is 7.57. The van der Waals surface area contributed by atoms with Crippen LogP contribution in [0.1, 0.15) is 20.3 Å². The van der Waals surface area contributed by atoms with Gasteiger partial charge in [-0.15, -0.1) is 10.2 Å². The quantitative estimate of drug-likeness (QED) is 0.748. The minimum atomic E-state index is -0.491. The summed E-state index contributed by atoms with van der Waals surface area (Å²) in [5.74, 6) is -0.135. The minimum absolute atomic E-state index is 0.135. The lowest BCUT2D eigenvalue weighted by molar-refractivity contribution is -0.117. The molecular formula is C7H12N4OS. The SMILES string of the molecule is CC(C)(N)CC(=O)Nc1nncs1. The van der Waals surface area contributed by atoms with Crippen molar-refractivity contribution < 1.29 is 4.79 Å². The monoisotopic (exact) mass is 200 g/mol. The summed E-state index contributed by atoms with van der Waals surface area (Å²) in [7, 11) is 0. The zero-order valence-corrected chi connectivity index (χ0v) is 8.39. The molecule has 0 unspecified atom stereocenters. The highest BCUT2D eigenvalue weighted by atomic mass is 32.1. The number of carbonyl (C=O) groups excluding carboxylic acids is 1. The fourth-order valence-corrected chi connectivity index (χ4v) is 1.27. The standard InChI is InChI=1S/C7H12N4OS/c1-7(2,8)3-5(12)10-6-11-9-4-13-6/h4H,3,8H2,1-2H3,(H,10,11,12). The third-order valence-electron chi connectivity index (χ3n) is 1.22. The van der Waals surface area contributed by atoms with E-state index in [1.807, 2.05) is 0 Å². The number of nitrogens with one attached hydrogen (secondary N) is 1. The molecule has 0 aliphatic rings. The fraction of sp³-hybridized carbons (Fsp3) is 0.571. The van der Waals surface area contributed by atoms with Crippen LogP contribution >= 0.6 is 11.3 Å². The van der Waals surface area contributed by atoms with E-state index in [0.717, 1.165) is 0 Å². The summed E-state index contributed by atoms with van der Waals surface area (Å²) < 4.78 is 0. The van der Waals surface area contributed by atoms with Crippen molar-refractivity contribution in [2.45, 2.75) is 25.8 Å². The maximum atomic E-state index is 11.3. The van der Waals surface area contributed by atoms with Gasteiger partial charge in [-0.05, 0) is 13.8 Å². The average Bonchev–Trinajstić information content (AvgIpc) is 2.34. The summed E-state index contributed by atoms with van der Waals surface area (Å²) in [6.07, 6.45) is 0.270. The molecule has 1 aromatic rings. The number of aromatic nitrogens is 2. The Kier molecular flexibility index (Phi) is 2.94. The molecule has 6 heteroatoms. The van der Waals surface area contributed by atoms with Crippen LogP contribution in [0.3, 0.4) is 0 Å². The summed E-state index contributed by atoms with van der Waals surface area (Å²) in [5.41, 5.74) is 6.74. The van der Waals surface area contributed by atoms with Gasteiger partial charge >= 0.3 is 0 Å². The van der Waals surface area contributed by atoms with E-state index < -0.39 is 5.54 Å². The summed E-state index contributed by atoms with van der Waals surface area (Å²) >= 11 is 1.28. The molecule has 1 heterocycles. The molecule has 0 aliphatic heterocycles. The Balaban J connectivity index is 2.43. The zero-order chi connectivity index (χ0) is 9.90. The van der Waals surface area contributed by atoms with E-state index in [9.17, 15) is 4.79 Å². The van der Waals surface area contributed by atoms with Gasteiger partial charge in [-0.2, -0.15) is 0 Å². The van der Waals surface area contributed by atoms with Crippen LogP contribution in [0.2, 0.25) is 0 Å². The van der Waals surface area contributed by atoms with Gasteiger partial charge in [0.2, 0.25) is 11.0 Å². The van der Waals surface area contributed by atoms with E-state index >= 15 is 0 Å². The van der Waals surface area contributed by atoms with Gasteiger partial charge in [0.25, 0.3) is 0 Å². The lowest BCUT2D eigenvalue weighted by atomic mass is 10.0. The first-order chi connectivity index (χ1) is 5.97. The molecule has 0 radical (unpaired) electrons. The van der Waals surface area contributed by atoms with E-state index in [2.05, 4.69) is 15.5 Å². The van der Waals surface area contributed by atoms with Gasteiger partial charge in [0.1, 0.15) is 5.51 Å². The first-order valence-corrected chi connectivity index (χ1v) is 4.70. The molecule has 0 aromatic carbocycles. The van der Waals surface area contributed by atoms with E-state index in [0.29, 0.717) is 5.13 Å². The predicted octanol–water partition coefficient (Wildman–Crippen LogP) is 0.604. The molecule has 72 valence electrons. The molecule has 0 fully saturated rings. The molecule has 0 spiro atoms. The highest BCUT2D eigenvalue weighted by Crippen LogP contribution is 2.10. The third kappa shape index (κ3) is 3.95. The number of anilines is 1. The Hall–Kier alpha value is -1.01. The number of hydrogen-bond acceptors (Lipinski definition) is 5. The second-order valence-corrected chi connectivity index (χ2v) is 4.29. The topological polar surface area (TPSA) is 80.9 Å². The van der Waals surface area contributed by atoms with Crippen molar-refractivity contribution in [2.75, 3.05) is 5.32 Å². The molecule has 13 heavy (non-hydrogen) atoms. The van der Waals surface area contributed by atoms with Gasteiger partial charge in [0.05, 0.1) is 0 Å². The van der Waals surface area contributed by atoms with Gasteiger partial charge in [-0.1, -0.05) is 11.3 Å². The number of nitrogens with zero attached hydrogens (tertiary/aromatic N) is 2. The normalized spacial score (nSPS) is 11.3. The Morgan fingerprint density at radius 3 is 2.92 bits per heavy atom. The van der Waals surface area contributed by atoms with Crippen molar-refractivity contribution >= 4 is 22.4 Å².